The third kappa shape index (κ3) is 3.72. The molecule has 0 fully saturated rings. The molecule has 3 aromatic rings. The van der Waals surface area contributed by atoms with Crippen molar-refractivity contribution in [3.63, 3.8) is 0 Å². The first-order valence-corrected chi connectivity index (χ1v) is 8.39. The van der Waals surface area contributed by atoms with Crippen molar-refractivity contribution in [2.75, 3.05) is 6.54 Å². The van der Waals surface area contributed by atoms with Gasteiger partial charge in [0.2, 0.25) is 0 Å². The first kappa shape index (κ1) is 18.0. The lowest BCUT2D eigenvalue weighted by atomic mass is 9.96. The number of benzene rings is 3. The summed E-state index contributed by atoms with van der Waals surface area (Å²) in [4.78, 5) is 12.1. The Morgan fingerprint density at radius 3 is 2.38 bits per heavy atom. The van der Waals surface area contributed by atoms with Crippen LogP contribution in [-0.2, 0) is 6.18 Å². The second-order valence-corrected chi connectivity index (χ2v) is 6.07. The van der Waals surface area contributed by atoms with Crippen LogP contribution in [0.3, 0.4) is 0 Å². The third-order valence-electron chi connectivity index (χ3n) is 4.20. The Kier molecular flexibility index (Phi) is 4.98. The lowest BCUT2D eigenvalue weighted by molar-refractivity contribution is -0.137. The molecule has 0 aliphatic carbocycles. The Morgan fingerprint density at radius 2 is 1.73 bits per heavy atom. The normalized spacial score (nSPS) is 11.5. The number of fused-ring (bicyclic) bond motifs is 1. The van der Waals surface area contributed by atoms with E-state index in [0.29, 0.717) is 17.7 Å². The van der Waals surface area contributed by atoms with Gasteiger partial charge in [0.05, 0.1) is 5.56 Å². The molecule has 0 radical (unpaired) electrons. The van der Waals surface area contributed by atoms with Gasteiger partial charge in [-0.3, -0.25) is 4.79 Å². The van der Waals surface area contributed by atoms with E-state index >= 15 is 0 Å². The van der Waals surface area contributed by atoms with Gasteiger partial charge in [0.25, 0.3) is 5.91 Å². The summed E-state index contributed by atoms with van der Waals surface area (Å²) in [5, 5.41) is 4.59. The minimum atomic E-state index is -4.35. The van der Waals surface area contributed by atoms with Crippen LogP contribution in [0.25, 0.3) is 21.9 Å². The van der Waals surface area contributed by atoms with Crippen LogP contribution in [0.1, 0.15) is 29.3 Å². The zero-order valence-corrected chi connectivity index (χ0v) is 14.2. The summed E-state index contributed by atoms with van der Waals surface area (Å²) in [7, 11) is 0. The highest BCUT2D eigenvalue weighted by Crippen LogP contribution is 2.33. The summed E-state index contributed by atoms with van der Waals surface area (Å²) in [5.41, 5.74) is 1.43. The van der Waals surface area contributed by atoms with Crippen LogP contribution < -0.4 is 5.32 Å². The first-order valence-electron chi connectivity index (χ1n) is 8.39. The van der Waals surface area contributed by atoms with Gasteiger partial charge in [-0.1, -0.05) is 43.3 Å². The monoisotopic (exact) mass is 357 g/mol. The number of rotatable bonds is 4. The van der Waals surface area contributed by atoms with Crippen molar-refractivity contribution in [2.24, 2.45) is 0 Å². The highest BCUT2D eigenvalue weighted by Gasteiger charge is 2.30. The molecular formula is C21H18F3NO. The number of halogens is 3. The van der Waals surface area contributed by atoms with Crippen LogP contribution in [0.5, 0.6) is 0 Å². The summed E-state index contributed by atoms with van der Waals surface area (Å²) < 4.78 is 38.2. The standard InChI is InChI=1S/C21H18F3NO/c1-2-12-25-20(26)16-8-11-19-15(13-16)4-3-5-18(19)14-6-9-17(10-7-14)21(22,23)24/h3-11,13H,2,12H2,1H3,(H,25,26). The van der Waals surface area contributed by atoms with E-state index in [4.69, 9.17) is 0 Å². The molecule has 0 aliphatic rings. The van der Waals surface area contributed by atoms with Gasteiger partial charge in [-0.25, -0.2) is 0 Å². The molecule has 26 heavy (non-hydrogen) atoms. The number of nitrogens with one attached hydrogen (secondary N) is 1. The van der Waals surface area contributed by atoms with Crippen LogP contribution in [-0.4, -0.2) is 12.5 Å². The van der Waals surface area contributed by atoms with Gasteiger partial charge in [-0.15, -0.1) is 0 Å². The van der Waals surface area contributed by atoms with Crippen LogP contribution in [0.15, 0.2) is 60.7 Å². The van der Waals surface area contributed by atoms with Crippen LogP contribution >= 0.6 is 0 Å². The summed E-state index contributed by atoms with van der Waals surface area (Å²) in [6.07, 6.45) is -3.49. The largest absolute Gasteiger partial charge is 0.416 e. The van der Waals surface area contributed by atoms with Crippen LogP contribution in [0.2, 0.25) is 0 Å². The minimum absolute atomic E-state index is 0.131. The molecule has 0 aliphatic heterocycles. The molecule has 5 heteroatoms. The van der Waals surface area contributed by atoms with Gasteiger partial charge in [0, 0.05) is 12.1 Å². The Hall–Kier alpha value is -2.82. The SMILES string of the molecule is CCCNC(=O)c1ccc2c(-c3ccc(C(F)(F)F)cc3)cccc2c1. The molecule has 3 aromatic carbocycles. The van der Waals surface area contributed by atoms with Crippen molar-refractivity contribution in [3.8, 4) is 11.1 Å². The van der Waals surface area contributed by atoms with Gasteiger partial charge >= 0.3 is 6.18 Å². The van der Waals surface area contributed by atoms with Crippen molar-refractivity contribution in [1.82, 2.24) is 5.32 Å². The predicted molar refractivity (Wildman–Crippen MR) is 97.0 cm³/mol. The summed E-state index contributed by atoms with van der Waals surface area (Å²) >= 11 is 0. The fourth-order valence-corrected chi connectivity index (χ4v) is 2.86. The van der Waals surface area contributed by atoms with Crippen molar-refractivity contribution in [2.45, 2.75) is 19.5 Å². The van der Waals surface area contributed by atoms with Crippen molar-refractivity contribution < 1.29 is 18.0 Å². The number of hydrogen-bond donors (Lipinski definition) is 1. The average Bonchev–Trinajstić information content (AvgIpc) is 2.64. The zero-order chi connectivity index (χ0) is 18.7. The van der Waals surface area contributed by atoms with Crippen LogP contribution in [0.4, 0.5) is 13.2 Å². The highest BCUT2D eigenvalue weighted by molar-refractivity contribution is 6.02. The molecule has 0 saturated carbocycles. The molecular weight excluding hydrogens is 339 g/mol. The van der Waals surface area contributed by atoms with Crippen molar-refractivity contribution in [3.05, 3.63) is 71.8 Å². The summed E-state index contributed by atoms with van der Waals surface area (Å²) in [6, 6.07) is 16.1. The maximum absolute atomic E-state index is 12.7. The molecule has 134 valence electrons. The topological polar surface area (TPSA) is 29.1 Å². The first-order chi connectivity index (χ1) is 12.4. The molecule has 0 saturated heterocycles. The Labute approximate surface area is 149 Å². The molecule has 0 spiro atoms. The quantitative estimate of drug-likeness (QED) is 0.641. The van der Waals surface area contributed by atoms with Crippen molar-refractivity contribution >= 4 is 16.7 Å². The molecule has 1 amide bonds. The lowest BCUT2D eigenvalue weighted by Gasteiger charge is -2.11. The van der Waals surface area contributed by atoms with E-state index in [1.165, 1.54) is 12.1 Å². The molecule has 0 unspecified atom stereocenters. The Balaban J connectivity index is 1.98. The van der Waals surface area contributed by atoms with Crippen molar-refractivity contribution in [1.29, 1.82) is 0 Å². The van der Waals surface area contributed by atoms with Crippen LogP contribution in [0, 0.1) is 0 Å². The predicted octanol–water partition coefficient (Wildman–Crippen LogP) is 5.67. The maximum Gasteiger partial charge on any atom is 0.416 e. The smallest absolute Gasteiger partial charge is 0.352 e. The molecule has 2 nitrogen and oxygen atoms in total. The number of amides is 1. The van der Waals surface area contributed by atoms with Gasteiger partial charge in [0.15, 0.2) is 0 Å². The number of alkyl halides is 3. The summed E-state index contributed by atoms with van der Waals surface area (Å²) in [6.45, 7) is 2.60. The third-order valence-corrected chi connectivity index (χ3v) is 4.20. The number of hydrogen-bond acceptors (Lipinski definition) is 1. The zero-order valence-electron chi connectivity index (χ0n) is 14.2. The Bertz CT molecular complexity index is 930. The maximum atomic E-state index is 12.7. The summed E-state index contributed by atoms with van der Waals surface area (Å²) in [5.74, 6) is -0.131. The minimum Gasteiger partial charge on any atom is -0.352 e. The van der Waals surface area contributed by atoms with Gasteiger partial charge < -0.3 is 5.32 Å². The second-order valence-electron chi connectivity index (χ2n) is 6.07. The van der Waals surface area contributed by atoms with E-state index in [9.17, 15) is 18.0 Å². The molecule has 3 rings (SSSR count). The molecule has 1 N–H and O–H groups in total. The van der Waals surface area contributed by atoms with E-state index in [1.54, 1.807) is 12.1 Å². The van der Waals surface area contributed by atoms with E-state index < -0.39 is 11.7 Å². The lowest BCUT2D eigenvalue weighted by Crippen LogP contribution is -2.23. The number of carbonyl (C=O) groups is 1. The van der Waals surface area contributed by atoms with Gasteiger partial charge in [-0.2, -0.15) is 13.2 Å². The van der Waals surface area contributed by atoms with E-state index in [2.05, 4.69) is 5.32 Å². The fourth-order valence-electron chi connectivity index (χ4n) is 2.86. The molecule has 0 heterocycles. The Morgan fingerprint density at radius 1 is 1.00 bits per heavy atom. The molecule has 0 aromatic heterocycles. The second kappa shape index (κ2) is 7.20. The van der Waals surface area contributed by atoms with E-state index in [0.717, 1.165) is 34.9 Å². The van der Waals surface area contributed by atoms with Gasteiger partial charge in [0.1, 0.15) is 0 Å². The van der Waals surface area contributed by atoms with E-state index in [-0.39, 0.29) is 5.91 Å². The highest BCUT2D eigenvalue weighted by atomic mass is 19.4. The average molecular weight is 357 g/mol. The molecule has 0 bridgehead atoms. The number of carbonyl (C=O) groups excluding carboxylic acids is 1. The van der Waals surface area contributed by atoms with E-state index in [1.807, 2.05) is 31.2 Å². The molecule has 0 atom stereocenters. The fraction of sp³-hybridized carbons (Fsp3) is 0.190. The van der Waals surface area contributed by atoms with Gasteiger partial charge in [-0.05, 0) is 52.6 Å².